The van der Waals surface area contributed by atoms with Crippen LogP contribution in [-0.2, 0) is 11.2 Å². The molecule has 0 spiro atoms. The minimum absolute atomic E-state index is 0.153. The summed E-state index contributed by atoms with van der Waals surface area (Å²) in [5.74, 6) is 0.872. The van der Waals surface area contributed by atoms with Crippen LogP contribution in [0.2, 0.25) is 0 Å². The number of para-hydroxylation sites is 1. The van der Waals surface area contributed by atoms with Crippen LogP contribution in [0.5, 0.6) is 5.75 Å². The van der Waals surface area contributed by atoms with E-state index in [-0.39, 0.29) is 6.61 Å². The maximum absolute atomic E-state index is 8.94. The fourth-order valence-electron chi connectivity index (χ4n) is 1.56. The van der Waals surface area contributed by atoms with Crippen LogP contribution in [0.1, 0.15) is 25.3 Å². The Bertz CT molecular complexity index is 299. The van der Waals surface area contributed by atoms with E-state index in [9.17, 15) is 0 Å². The Morgan fingerprint density at radius 3 is 2.71 bits per heavy atom. The normalized spacial score (nSPS) is 10.5. The number of hydrogen-bond donors (Lipinski definition) is 1. The van der Waals surface area contributed by atoms with Gasteiger partial charge in [0.2, 0.25) is 0 Å². The molecular formula is C14H22O3. The van der Waals surface area contributed by atoms with Crippen LogP contribution in [0.3, 0.4) is 0 Å². The van der Waals surface area contributed by atoms with Crippen molar-refractivity contribution in [2.24, 2.45) is 0 Å². The molecule has 0 saturated carbocycles. The maximum Gasteiger partial charge on any atom is 0.122 e. The van der Waals surface area contributed by atoms with E-state index < -0.39 is 0 Å². The van der Waals surface area contributed by atoms with Crippen molar-refractivity contribution in [2.45, 2.75) is 26.2 Å². The number of hydrogen-bond acceptors (Lipinski definition) is 3. The molecule has 0 aliphatic carbocycles. The standard InChI is InChI=1S/C14H22O3/c1-2-10-16-11-5-12-17-14-7-4-3-6-13(14)8-9-15/h3-4,6-7,15H,2,5,8-12H2,1H3. The number of aliphatic hydroxyl groups excluding tert-OH is 1. The van der Waals surface area contributed by atoms with Gasteiger partial charge in [-0.3, -0.25) is 0 Å². The second-order valence-corrected chi connectivity index (χ2v) is 3.90. The first-order valence-corrected chi connectivity index (χ1v) is 6.27. The van der Waals surface area contributed by atoms with E-state index in [1.54, 1.807) is 0 Å². The second-order valence-electron chi connectivity index (χ2n) is 3.90. The highest BCUT2D eigenvalue weighted by atomic mass is 16.5. The molecule has 1 N–H and O–H groups in total. The zero-order valence-electron chi connectivity index (χ0n) is 10.5. The van der Waals surface area contributed by atoms with Gasteiger partial charge < -0.3 is 14.6 Å². The molecule has 0 aliphatic rings. The maximum atomic E-state index is 8.94. The topological polar surface area (TPSA) is 38.7 Å². The summed E-state index contributed by atoms with van der Waals surface area (Å²) in [5.41, 5.74) is 1.06. The lowest BCUT2D eigenvalue weighted by atomic mass is 10.1. The molecule has 0 bridgehead atoms. The minimum atomic E-state index is 0.153. The summed E-state index contributed by atoms with van der Waals surface area (Å²) in [6.07, 6.45) is 2.59. The summed E-state index contributed by atoms with van der Waals surface area (Å²) in [7, 11) is 0. The summed E-state index contributed by atoms with van der Waals surface area (Å²) >= 11 is 0. The van der Waals surface area contributed by atoms with Crippen molar-refractivity contribution < 1.29 is 14.6 Å². The van der Waals surface area contributed by atoms with Crippen LogP contribution in [0.25, 0.3) is 0 Å². The fraction of sp³-hybridized carbons (Fsp3) is 0.571. The minimum Gasteiger partial charge on any atom is -0.493 e. The Labute approximate surface area is 103 Å². The molecule has 3 heteroatoms. The van der Waals surface area contributed by atoms with Crippen molar-refractivity contribution in [2.75, 3.05) is 26.4 Å². The van der Waals surface area contributed by atoms with Crippen LogP contribution < -0.4 is 4.74 Å². The average molecular weight is 238 g/mol. The summed E-state index contributed by atoms with van der Waals surface area (Å²) in [5, 5.41) is 8.94. The van der Waals surface area contributed by atoms with Crippen molar-refractivity contribution >= 4 is 0 Å². The van der Waals surface area contributed by atoms with Crippen LogP contribution in [0.4, 0.5) is 0 Å². The summed E-state index contributed by atoms with van der Waals surface area (Å²) in [6.45, 7) is 4.48. The molecule has 0 unspecified atom stereocenters. The molecule has 0 heterocycles. The van der Waals surface area contributed by atoms with Gasteiger partial charge in [-0.15, -0.1) is 0 Å². The van der Waals surface area contributed by atoms with E-state index in [1.165, 1.54) is 0 Å². The average Bonchev–Trinajstić information content (AvgIpc) is 2.36. The van der Waals surface area contributed by atoms with Crippen LogP contribution in [-0.4, -0.2) is 31.5 Å². The molecule has 0 radical (unpaired) electrons. The first-order chi connectivity index (χ1) is 8.38. The third kappa shape index (κ3) is 5.71. The van der Waals surface area contributed by atoms with Crippen molar-refractivity contribution in [3.63, 3.8) is 0 Å². The van der Waals surface area contributed by atoms with Gasteiger partial charge in [0.15, 0.2) is 0 Å². The van der Waals surface area contributed by atoms with Crippen molar-refractivity contribution in [3.8, 4) is 5.75 Å². The van der Waals surface area contributed by atoms with E-state index in [4.69, 9.17) is 14.6 Å². The SMILES string of the molecule is CCCOCCCOc1ccccc1CCO. The predicted octanol–water partition coefficient (Wildman–Crippen LogP) is 2.42. The Balaban J connectivity index is 2.25. The molecule has 1 rings (SSSR count). The molecule has 3 nitrogen and oxygen atoms in total. The monoisotopic (exact) mass is 238 g/mol. The third-order valence-electron chi connectivity index (χ3n) is 2.39. The zero-order chi connectivity index (χ0) is 12.3. The quantitative estimate of drug-likeness (QED) is 0.671. The van der Waals surface area contributed by atoms with E-state index >= 15 is 0 Å². The van der Waals surface area contributed by atoms with E-state index in [2.05, 4.69) is 6.92 Å². The summed E-state index contributed by atoms with van der Waals surface area (Å²) in [4.78, 5) is 0. The molecule has 0 amide bonds. The molecule has 0 atom stereocenters. The Hall–Kier alpha value is -1.06. The van der Waals surface area contributed by atoms with Gasteiger partial charge in [-0.1, -0.05) is 25.1 Å². The first-order valence-electron chi connectivity index (χ1n) is 6.27. The fourth-order valence-corrected chi connectivity index (χ4v) is 1.56. The molecule has 96 valence electrons. The highest BCUT2D eigenvalue weighted by Gasteiger charge is 2.01. The molecular weight excluding hydrogens is 216 g/mol. The van der Waals surface area contributed by atoms with Gasteiger partial charge in [0.25, 0.3) is 0 Å². The lowest BCUT2D eigenvalue weighted by Crippen LogP contribution is -2.05. The largest absolute Gasteiger partial charge is 0.493 e. The summed E-state index contributed by atoms with van der Waals surface area (Å²) < 4.78 is 11.1. The summed E-state index contributed by atoms with van der Waals surface area (Å²) in [6, 6.07) is 7.84. The molecule has 0 saturated heterocycles. The third-order valence-corrected chi connectivity index (χ3v) is 2.39. The van der Waals surface area contributed by atoms with Gasteiger partial charge in [-0.25, -0.2) is 0 Å². The Morgan fingerprint density at radius 1 is 1.12 bits per heavy atom. The van der Waals surface area contributed by atoms with E-state index in [1.807, 2.05) is 24.3 Å². The first kappa shape index (κ1) is 14.0. The molecule has 0 aromatic heterocycles. The lowest BCUT2D eigenvalue weighted by molar-refractivity contribution is 0.119. The number of benzene rings is 1. The van der Waals surface area contributed by atoms with Crippen molar-refractivity contribution in [1.29, 1.82) is 0 Å². The Kier molecular flexibility index (Phi) is 7.43. The van der Waals surface area contributed by atoms with E-state index in [0.717, 1.165) is 37.4 Å². The van der Waals surface area contributed by atoms with Crippen molar-refractivity contribution in [3.05, 3.63) is 29.8 Å². The van der Waals surface area contributed by atoms with Crippen molar-refractivity contribution in [1.82, 2.24) is 0 Å². The van der Waals surface area contributed by atoms with Gasteiger partial charge in [0.1, 0.15) is 5.75 Å². The van der Waals surface area contributed by atoms with E-state index in [0.29, 0.717) is 13.0 Å². The number of rotatable bonds is 9. The number of ether oxygens (including phenoxy) is 2. The smallest absolute Gasteiger partial charge is 0.122 e. The highest BCUT2D eigenvalue weighted by molar-refractivity contribution is 5.33. The zero-order valence-corrected chi connectivity index (χ0v) is 10.5. The molecule has 1 aromatic carbocycles. The number of aliphatic hydroxyl groups is 1. The Morgan fingerprint density at radius 2 is 1.94 bits per heavy atom. The lowest BCUT2D eigenvalue weighted by Gasteiger charge is -2.10. The molecule has 0 aliphatic heterocycles. The van der Waals surface area contributed by atoms with Crippen LogP contribution in [0.15, 0.2) is 24.3 Å². The highest BCUT2D eigenvalue weighted by Crippen LogP contribution is 2.18. The van der Waals surface area contributed by atoms with Gasteiger partial charge in [0.05, 0.1) is 6.61 Å². The van der Waals surface area contributed by atoms with Gasteiger partial charge >= 0.3 is 0 Å². The second kappa shape index (κ2) is 9.02. The van der Waals surface area contributed by atoms with Gasteiger partial charge in [-0.2, -0.15) is 0 Å². The molecule has 0 fully saturated rings. The molecule has 1 aromatic rings. The van der Waals surface area contributed by atoms with Gasteiger partial charge in [-0.05, 0) is 24.5 Å². The molecule has 17 heavy (non-hydrogen) atoms. The van der Waals surface area contributed by atoms with Crippen LogP contribution in [0, 0.1) is 0 Å². The predicted molar refractivity (Wildman–Crippen MR) is 68.5 cm³/mol. The van der Waals surface area contributed by atoms with Gasteiger partial charge in [0, 0.05) is 26.2 Å². The van der Waals surface area contributed by atoms with Crippen LogP contribution >= 0.6 is 0 Å².